The Hall–Kier alpha value is -10.1. The number of nitrogens with zero attached hydrogens (tertiary/aromatic N) is 7. The molecule has 5 aliphatic rings. The summed E-state index contributed by atoms with van der Waals surface area (Å²) < 4.78 is 55.4. The van der Waals surface area contributed by atoms with Gasteiger partial charge in [-0.05, 0) is 232 Å². The largest absolute Gasteiger partial charge is 0.496 e. The van der Waals surface area contributed by atoms with Gasteiger partial charge in [-0.15, -0.1) is 0 Å². The summed E-state index contributed by atoms with van der Waals surface area (Å²) in [4.78, 5) is 12.0. The number of aromatic nitrogens is 2. The van der Waals surface area contributed by atoms with Crippen molar-refractivity contribution in [1.29, 1.82) is 0 Å². The number of likely N-dealkylation sites (N-methyl/N-ethyl adjacent to an activating group) is 5. The Morgan fingerprint density at radius 2 is 0.635 bits per heavy atom. The van der Waals surface area contributed by atoms with E-state index in [1.54, 1.807) is 40.0 Å². The van der Waals surface area contributed by atoms with Gasteiger partial charge in [0.2, 0.25) is 0 Å². The summed E-state index contributed by atoms with van der Waals surface area (Å²) in [5.74, 6) is 8.12. The van der Waals surface area contributed by atoms with Gasteiger partial charge < -0.3 is 50.8 Å². The predicted molar refractivity (Wildman–Crippen MR) is 502 cm³/mol. The van der Waals surface area contributed by atoms with Gasteiger partial charge in [0.1, 0.15) is 40.3 Å². The summed E-state index contributed by atoms with van der Waals surface area (Å²) >= 11 is 52.9. The van der Waals surface area contributed by atoms with E-state index < -0.39 is 0 Å². The van der Waals surface area contributed by atoms with Gasteiger partial charge in [0.25, 0.3) is 25.9 Å². The lowest BCUT2D eigenvalue weighted by molar-refractivity contribution is 0.414. The standard InChI is InChI=1S/C19H19NO3S2.2C18H18N2OS2.2C17H15NO2S2/c1-5-20-18(24)16(23-19(20)25)10-13-6-7-14(22-13)17-12(3)8-11(2)9-15(17)21-4;2*1-4-20-17(22)16(21-18(20)23)11-14-9-10-15(19(14)3)13-7-5-12(2)6-8-13;1-3-18-16(21)15(20-17(18)22)10-13-8-9-14(19-13)12-6-4-11(2)5-7-12;1-3-18-16(21)15(20-17(18)22)10-13-7-8-14(19-13)12-6-4-5-11(2)9-12/h6-10H,5H2,1-4H3;2*5-11H,4H2,1-3H3;2*4-10H,3H2,1-2H3/b16-10-;2*16-11-;2*15-10-. The van der Waals surface area contributed by atoms with Crippen LogP contribution < -0.4 is 4.74 Å². The third-order valence-electron chi connectivity index (χ3n) is 18.8. The summed E-state index contributed by atoms with van der Waals surface area (Å²) in [5, 5.41) is 2.02. The highest BCUT2D eigenvalue weighted by molar-refractivity contribution is 7.83. The number of aryl methyl sites for hydroxylation is 6. The average molecular weight is 1720 g/mol. The molecule has 16 nitrogen and oxygen atoms in total. The van der Waals surface area contributed by atoms with Crippen molar-refractivity contribution in [2.75, 3.05) is 39.8 Å². The van der Waals surface area contributed by atoms with Crippen molar-refractivity contribution in [3.8, 4) is 62.2 Å². The van der Waals surface area contributed by atoms with E-state index >= 15 is 0 Å². The van der Waals surface area contributed by atoms with Crippen LogP contribution >= 0.6 is 122 Å². The lowest BCUT2D eigenvalue weighted by Crippen LogP contribution is -2.26. The third kappa shape index (κ3) is 20.2. The van der Waals surface area contributed by atoms with Crippen LogP contribution in [0.5, 0.6) is 5.75 Å². The number of thiocarbonyl (C=S) groups is 10. The topological polar surface area (TPSA) is 121 Å². The fourth-order valence-electron chi connectivity index (χ4n) is 12.5. The van der Waals surface area contributed by atoms with Crippen LogP contribution in [-0.2, 0) is 37.8 Å². The highest BCUT2D eigenvalue weighted by Crippen LogP contribution is 2.38. The molecular weight excluding hydrogens is 1630 g/mol. The van der Waals surface area contributed by atoms with Gasteiger partial charge >= 0.3 is 0 Å². The van der Waals surface area contributed by atoms with E-state index in [4.69, 9.17) is 164 Å². The zero-order valence-electron chi connectivity index (χ0n) is 66.0. The average Bonchev–Trinajstić information content (AvgIpc) is 1.69. The smallest absolute Gasteiger partial charge is 0.270 e. The van der Waals surface area contributed by atoms with E-state index in [1.807, 2.05) is 151 Å². The summed E-state index contributed by atoms with van der Waals surface area (Å²) in [6.45, 7) is 25.8. The third-order valence-corrected chi connectivity index (χ3v) is 22.4. The first-order valence-corrected chi connectivity index (χ1v) is 41.0. The van der Waals surface area contributed by atoms with Crippen molar-refractivity contribution in [2.24, 2.45) is 14.1 Å². The Kier molecular flexibility index (Phi) is 28.8. The summed E-state index contributed by atoms with van der Waals surface area (Å²) in [7, 11) is 5.74. The van der Waals surface area contributed by atoms with Crippen molar-refractivity contribution >= 4 is 203 Å². The molecule has 0 aliphatic carbocycles. The second kappa shape index (κ2) is 38.6. The van der Waals surface area contributed by atoms with E-state index in [9.17, 15) is 0 Å². The van der Waals surface area contributed by atoms with Gasteiger partial charge in [-0.25, -0.2) is 0 Å². The van der Waals surface area contributed by atoms with Crippen LogP contribution in [-0.4, -0.2) is 124 Å². The van der Waals surface area contributed by atoms with Gasteiger partial charge in [0.15, 0.2) is 53.7 Å². The van der Waals surface area contributed by atoms with E-state index in [0.29, 0.717) is 117 Å². The first-order chi connectivity index (χ1) is 55.1. The molecule has 0 radical (unpaired) electrons. The molecule has 5 aliphatic heterocycles. The maximum absolute atomic E-state index is 5.99. The molecule has 0 bridgehead atoms. The van der Waals surface area contributed by atoms with Gasteiger partial charge in [-0.2, -0.15) is 0 Å². The molecule has 590 valence electrons. The minimum Gasteiger partial charge on any atom is -0.496 e. The fraction of sp³-hybridized carbons (Fsp3) is 0.213. The van der Waals surface area contributed by atoms with Crippen molar-refractivity contribution < 1.29 is 41.7 Å². The molecule has 0 unspecified atom stereocenters. The molecule has 0 spiro atoms. The Morgan fingerprint density at radius 1 is 0.313 bits per heavy atom. The molecule has 5 saturated heterocycles. The van der Waals surface area contributed by atoms with E-state index in [-0.39, 0.29) is 0 Å². The minimum atomic E-state index is 0.376. The van der Waals surface area contributed by atoms with Crippen LogP contribution in [0.25, 0.3) is 86.9 Å². The Morgan fingerprint density at radius 3 is 0.965 bits per heavy atom. The second-order valence-corrected chi connectivity index (χ2v) is 30.4. The quantitative estimate of drug-likeness (QED) is 0.0673. The molecular formula is C89H85N7O9S10. The molecule has 5 fully saturated rings. The second-order valence-electron chi connectivity index (χ2n) is 26.8. The van der Waals surface area contributed by atoms with Gasteiger partial charge in [-0.1, -0.05) is 180 Å². The zero-order valence-corrected chi connectivity index (χ0v) is 74.1. The van der Waals surface area contributed by atoms with E-state index in [2.05, 4.69) is 140 Å². The Balaban J connectivity index is 0.000000142. The predicted octanol–water partition coefficient (Wildman–Crippen LogP) is 22.6. The lowest BCUT2D eigenvalue weighted by atomic mass is 10.0. The highest BCUT2D eigenvalue weighted by atomic mass is 32.1. The first kappa shape index (κ1) is 85.8. The molecule has 0 amide bonds. The monoisotopic (exact) mass is 1720 g/mol. The Bertz CT molecular complexity index is 5480. The number of ether oxygens (including phenoxy) is 6. The van der Waals surface area contributed by atoms with Gasteiger partial charge in [0, 0.05) is 111 Å². The van der Waals surface area contributed by atoms with E-state index in [1.165, 1.54) is 33.4 Å². The number of methoxy groups -OCH3 is 1. The minimum absolute atomic E-state index is 0.376. The van der Waals surface area contributed by atoms with Crippen LogP contribution in [0, 0.1) is 41.5 Å². The molecule has 115 heavy (non-hydrogen) atoms. The molecule has 5 aromatic heterocycles. The van der Waals surface area contributed by atoms with Gasteiger partial charge in [-0.3, -0.25) is 24.5 Å². The van der Waals surface area contributed by atoms with Gasteiger partial charge in [0.05, 0.1) is 12.7 Å². The maximum atomic E-state index is 5.99. The normalized spacial score (nSPS) is 16.3. The van der Waals surface area contributed by atoms with Crippen molar-refractivity contribution in [1.82, 2.24) is 33.6 Å². The maximum Gasteiger partial charge on any atom is 0.270 e. The van der Waals surface area contributed by atoms with Crippen LogP contribution in [0.4, 0.5) is 0 Å². The number of furan rings is 3. The summed E-state index contributed by atoms with van der Waals surface area (Å²) in [6.07, 6.45) is 9.22. The first-order valence-electron chi connectivity index (χ1n) is 36.9. The van der Waals surface area contributed by atoms with Crippen LogP contribution in [0.3, 0.4) is 0 Å². The summed E-state index contributed by atoms with van der Waals surface area (Å²) in [6, 6.07) is 57.3. The SMILES string of the molecule is CCN1C(=S)O/C(=C\c2ccc(-c3c(C)cc(C)cc3OC)o2)C1=S.CCN1C(=S)O/C(=C\c2ccc(-c3ccc(C)cc3)n2C)C1=S.CCN1C(=S)O/C(=C\c2ccc(-c3ccc(C)cc3)n2C)C1=S.CCN1C(=S)O/C(=C\c2ccc(-c3ccc(C)cc3)o2)C1=S.CCN1C(=S)O/C(=C\c2ccc(-c3cccc(C)c3)o2)C1=S. The Labute approximate surface area is 725 Å². The molecule has 0 atom stereocenters. The van der Waals surface area contributed by atoms with Crippen molar-refractivity contribution in [3.63, 3.8) is 0 Å². The number of rotatable bonds is 16. The van der Waals surface area contributed by atoms with Crippen LogP contribution in [0.15, 0.2) is 212 Å². The summed E-state index contributed by atoms with van der Waals surface area (Å²) in [5.41, 5.74) is 16.9. The number of hydrogen-bond acceptors (Lipinski definition) is 19. The molecule has 0 N–H and O–H groups in total. The highest BCUT2D eigenvalue weighted by Gasteiger charge is 2.33. The van der Waals surface area contributed by atoms with Crippen LogP contribution in [0.2, 0.25) is 0 Å². The zero-order chi connectivity index (χ0) is 82.6. The van der Waals surface area contributed by atoms with Crippen molar-refractivity contribution in [3.05, 3.63) is 261 Å². The number of hydrogen-bond donors (Lipinski definition) is 0. The molecule has 26 heteroatoms. The number of benzene rings is 5. The molecule has 10 aromatic rings. The lowest BCUT2D eigenvalue weighted by Gasteiger charge is -2.10. The molecule has 0 saturated carbocycles. The fourth-order valence-corrected chi connectivity index (χ4v) is 16.0. The molecule has 15 rings (SSSR count). The van der Waals surface area contributed by atoms with Crippen LogP contribution in [0.1, 0.15) is 96.7 Å². The van der Waals surface area contributed by atoms with Crippen molar-refractivity contribution in [2.45, 2.75) is 76.2 Å². The molecule has 10 heterocycles. The molecule has 5 aromatic carbocycles. The van der Waals surface area contributed by atoms with E-state index in [0.717, 1.165) is 86.7 Å².